The summed E-state index contributed by atoms with van der Waals surface area (Å²) in [7, 11) is 6.85. The zero-order chi connectivity index (χ0) is 92.8. The Balaban J connectivity index is 0.000000150. The molecule has 2 heterocycles. The Hall–Kier alpha value is -17.6. The minimum Gasteiger partial charge on any atom is -0.410 e. The largest absolute Gasteiger partial charge is 0.415 e. The molecule has 0 unspecified atom stereocenters. The van der Waals surface area contributed by atoms with Crippen LogP contribution in [0.2, 0.25) is 0 Å². The number of carbonyl (C=O) groups is 7. The summed E-state index contributed by atoms with van der Waals surface area (Å²) in [6, 6.07) is 118. The van der Waals surface area contributed by atoms with Crippen LogP contribution in [0.5, 0.6) is 23.0 Å². The van der Waals surface area contributed by atoms with Crippen molar-refractivity contribution in [1.82, 2.24) is 29.6 Å². The molecule has 7 amide bonds. The summed E-state index contributed by atoms with van der Waals surface area (Å²) in [6.07, 6.45) is 5.27. The highest BCUT2D eigenvalue weighted by Crippen LogP contribution is 2.32. The van der Waals surface area contributed by atoms with Crippen LogP contribution < -0.4 is 41.9 Å². The van der Waals surface area contributed by atoms with Gasteiger partial charge in [0.05, 0.1) is 0 Å². The van der Waals surface area contributed by atoms with Gasteiger partial charge in [-0.05, 0) is 250 Å². The minimum atomic E-state index is -0.492. The van der Waals surface area contributed by atoms with Crippen molar-refractivity contribution in [3.05, 3.63) is 452 Å². The zero-order valence-corrected chi connectivity index (χ0v) is 73.1. The molecule has 0 spiro atoms. The maximum atomic E-state index is 12.7. The van der Waals surface area contributed by atoms with Gasteiger partial charge in [0.25, 0.3) is 0 Å². The first kappa shape index (κ1) is 92.1. The number of hydrogen-bond acceptors (Lipinski definition) is 14. The first-order valence-electron chi connectivity index (χ1n) is 42.1. The third-order valence-electron chi connectivity index (χ3n) is 21.1. The van der Waals surface area contributed by atoms with Gasteiger partial charge >= 0.3 is 24.4 Å². The quantitative estimate of drug-likeness (QED) is 0.0437. The second-order valence-electron chi connectivity index (χ2n) is 30.9. The number of hydrogen-bond donors (Lipinski definition) is 4. The third kappa shape index (κ3) is 26.3. The molecular weight excluding hydrogens is 1650 g/mol. The lowest BCUT2D eigenvalue weighted by Crippen LogP contribution is -2.29. The molecule has 0 saturated heterocycles. The molecule has 0 bridgehead atoms. The monoisotopic (exact) mass is 1740 g/mol. The van der Waals surface area contributed by atoms with Crippen molar-refractivity contribution in [1.29, 1.82) is 0 Å². The van der Waals surface area contributed by atoms with Gasteiger partial charge in [-0.3, -0.25) is 24.4 Å². The van der Waals surface area contributed by atoms with Crippen LogP contribution in [0.15, 0.2) is 407 Å². The molecule has 0 fully saturated rings. The summed E-state index contributed by atoms with van der Waals surface area (Å²) in [5.74, 6) is 0.392. The van der Waals surface area contributed by atoms with Crippen LogP contribution >= 0.6 is 0 Å². The van der Waals surface area contributed by atoms with Crippen LogP contribution in [0.1, 0.15) is 58.9 Å². The van der Waals surface area contributed by atoms with E-state index in [4.69, 9.17) is 41.9 Å². The lowest BCUT2D eigenvalue weighted by Gasteiger charge is -2.18. The maximum Gasteiger partial charge on any atom is 0.415 e. The normalized spacial score (nSPS) is 10.5. The second kappa shape index (κ2) is 45.0. The molecular formula is C111H96N10O11. The molecule has 14 aromatic carbocycles. The van der Waals surface area contributed by atoms with Gasteiger partial charge in [-0.25, -0.2) is 19.2 Å². The van der Waals surface area contributed by atoms with Gasteiger partial charge in [-0.15, -0.1) is 0 Å². The molecule has 16 aromatic rings. The maximum absolute atomic E-state index is 12.7. The summed E-state index contributed by atoms with van der Waals surface area (Å²) in [5.41, 5.74) is 44.6. The van der Waals surface area contributed by atoms with Gasteiger partial charge in [-0.2, -0.15) is 0 Å². The van der Waals surface area contributed by atoms with E-state index in [-0.39, 0.29) is 0 Å². The molecule has 0 aliphatic heterocycles. The van der Waals surface area contributed by atoms with Crippen molar-refractivity contribution in [2.75, 3.05) is 28.2 Å². The minimum absolute atomic E-state index is 0.401. The van der Waals surface area contributed by atoms with Crippen molar-refractivity contribution in [2.24, 2.45) is 22.9 Å². The van der Waals surface area contributed by atoms with E-state index in [1.165, 1.54) is 9.80 Å². The molecule has 132 heavy (non-hydrogen) atoms. The van der Waals surface area contributed by atoms with E-state index < -0.39 is 42.1 Å². The number of aromatic nitrogens is 2. The first-order chi connectivity index (χ1) is 64.0. The van der Waals surface area contributed by atoms with Crippen LogP contribution in [0.4, 0.5) is 19.2 Å². The fourth-order valence-corrected chi connectivity index (χ4v) is 14.1. The van der Waals surface area contributed by atoms with Crippen LogP contribution in [0.25, 0.3) is 94.7 Å². The second-order valence-corrected chi connectivity index (χ2v) is 30.9. The summed E-state index contributed by atoms with van der Waals surface area (Å²) >= 11 is 0. The number of amides is 7. The van der Waals surface area contributed by atoms with Crippen molar-refractivity contribution < 1.29 is 52.5 Å². The van der Waals surface area contributed by atoms with E-state index in [1.54, 1.807) is 160 Å². The van der Waals surface area contributed by atoms with E-state index in [2.05, 4.69) is 71.1 Å². The summed E-state index contributed by atoms with van der Waals surface area (Å²) in [6.45, 7) is 5.45. The van der Waals surface area contributed by atoms with Crippen molar-refractivity contribution in [3.63, 3.8) is 0 Å². The molecule has 16 rings (SSSR count). The molecule has 2 aromatic heterocycles. The Morgan fingerprint density at radius 2 is 0.455 bits per heavy atom. The predicted octanol–water partition coefficient (Wildman–Crippen LogP) is 22.6. The standard InChI is InChI=1S/C29H26N2O2.C28H24N2O3.2C27H23N3O3/c1-21(30)23-11-13-25(14-12-23)26-15-17-28(18-16-26)33-29(32)31(2)20-22-7-6-10-27(19-22)24-8-4-3-5-9-24;1-30(19-20-7-5-10-24(17-20)21-8-3-2-4-9-21)28(32)33-26-12-6-11-25(18-26)22-13-15-23(16-14-22)27(29)31;1-30(18-19-5-2-6-21(15-19)20-11-13-29-14-12-20)27(32)33-25-10-4-8-23(17-25)22-7-3-9-24(16-22)26(28)31;1-30(18-19-3-2-4-24(17-19)22-13-15-29-16-14-22)27(32)33-25-11-9-21(10-12-25)20-5-7-23(8-6-20)26(28)31/h3-19H,1,20,30H2,2H3;2-18H,19H2,1H3,(H2,29,31);2*2-17H,18H2,1H3,(H2,28,31). The molecule has 0 saturated carbocycles. The molecule has 0 atom stereocenters. The fraction of sp³-hybridized carbons (Fsp3) is 0.0721. The Bertz CT molecular complexity index is 6470. The number of ether oxygens (including phenoxy) is 4. The third-order valence-corrected chi connectivity index (χ3v) is 21.1. The Morgan fingerprint density at radius 3 is 0.758 bits per heavy atom. The molecule has 21 nitrogen and oxygen atoms in total. The Labute approximate surface area is 766 Å². The van der Waals surface area contributed by atoms with E-state index in [9.17, 15) is 33.6 Å². The molecule has 0 aliphatic carbocycles. The van der Waals surface area contributed by atoms with Crippen molar-refractivity contribution >= 4 is 47.8 Å². The van der Waals surface area contributed by atoms with E-state index in [0.29, 0.717) is 71.6 Å². The molecule has 0 radical (unpaired) electrons. The number of carbonyl (C=O) groups excluding carboxylic acids is 7. The van der Waals surface area contributed by atoms with E-state index in [0.717, 1.165) is 117 Å². The van der Waals surface area contributed by atoms with Gasteiger partial charge in [0, 0.05) is 102 Å². The first-order valence-corrected chi connectivity index (χ1v) is 42.1. The fourth-order valence-electron chi connectivity index (χ4n) is 14.1. The number of pyridine rings is 2. The smallest absolute Gasteiger partial charge is 0.410 e. The summed E-state index contributed by atoms with van der Waals surface area (Å²) in [4.78, 5) is 98.8. The molecule has 21 heteroatoms. The van der Waals surface area contributed by atoms with Gasteiger partial charge in [0.2, 0.25) is 17.7 Å². The summed E-state index contributed by atoms with van der Waals surface area (Å²) < 4.78 is 22.3. The van der Waals surface area contributed by atoms with E-state index in [1.807, 2.05) is 224 Å². The van der Waals surface area contributed by atoms with Gasteiger partial charge in [0.1, 0.15) is 23.0 Å². The molecule has 0 aliphatic rings. The average molecular weight is 1750 g/mol. The SMILES string of the molecule is C=C(N)c1ccc(-c2ccc(OC(=O)N(C)Cc3cccc(-c4ccccc4)c3)cc2)cc1.CN(Cc1cccc(-c2ccccc2)c1)C(=O)Oc1cccc(-c2ccc(C(N)=O)cc2)c1.CN(Cc1cccc(-c2ccncc2)c1)C(=O)Oc1ccc(-c2ccc(C(N)=O)cc2)cc1.CN(Cc1cccc(-c2ccncc2)c1)C(=O)Oc1cccc(-c2cccc(C(N)=O)c2)c1. The number of benzene rings is 14. The van der Waals surface area contributed by atoms with Gasteiger partial charge in [-0.1, -0.05) is 249 Å². The molecule has 8 N–H and O–H groups in total. The highest BCUT2D eigenvalue weighted by Gasteiger charge is 2.20. The topological polar surface area (TPSA) is 299 Å². The van der Waals surface area contributed by atoms with Crippen molar-refractivity contribution in [3.8, 4) is 112 Å². The number of primary amides is 3. The number of nitrogens with two attached hydrogens (primary N) is 4. The highest BCUT2D eigenvalue weighted by molar-refractivity contribution is 5.95. The van der Waals surface area contributed by atoms with Crippen LogP contribution in [0.3, 0.4) is 0 Å². The van der Waals surface area contributed by atoms with Gasteiger partial charge < -0.3 is 61.5 Å². The summed E-state index contributed by atoms with van der Waals surface area (Å²) in [5, 5.41) is 0. The van der Waals surface area contributed by atoms with Crippen LogP contribution in [-0.2, 0) is 26.2 Å². The van der Waals surface area contributed by atoms with Crippen molar-refractivity contribution in [2.45, 2.75) is 26.2 Å². The Morgan fingerprint density at radius 1 is 0.227 bits per heavy atom. The number of rotatable bonds is 24. The average Bonchev–Trinajstić information content (AvgIpc) is 0.880. The molecule has 656 valence electrons. The van der Waals surface area contributed by atoms with Crippen LogP contribution in [-0.4, -0.2) is 99.9 Å². The zero-order valence-electron chi connectivity index (χ0n) is 73.1. The highest BCUT2D eigenvalue weighted by atomic mass is 16.6. The lowest BCUT2D eigenvalue weighted by atomic mass is 10.0. The Kier molecular flexibility index (Phi) is 31.4. The number of nitrogens with zero attached hydrogens (tertiary/aromatic N) is 6. The van der Waals surface area contributed by atoms with E-state index >= 15 is 0 Å². The predicted molar refractivity (Wildman–Crippen MR) is 519 cm³/mol. The van der Waals surface area contributed by atoms with Crippen LogP contribution in [0, 0.1) is 0 Å². The van der Waals surface area contributed by atoms with Gasteiger partial charge in [0.15, 0.2) is 0 Å². The lowest BCUT2D eigenvalue weighted by molar-refractivity contribution is 0.0992.